The molecule has 1 aliphatic rings. The Labute approximate surface area is 132 Å². The summed E-state index contributed by atoms with van der Waals surface area (Å²) in [6.07, 6.45) is 1.71. The first-order chi connectivity index (χ1) is 9.35. The first-order valence-electron chi connectivity index (χ1n) is 7.29. The monoisotopic (exact) mass is 318 g/mol. The summed E-state index contributed by atoms with van der Waals surface area (Å²) in [6.45, 7) is 8.04. The van der Waals surface area contributed by atoms with Crippen LogP contribution in [-0.2, 0) is 0 Å². The van der Waals surface area contributed by atoms with Gasteiger partial charge in [0.25, 0.3) is 0 Å². The van der Waals surface area contributed by atoms with E-state index >= 15 is 0 Å². The summed E-state index contributed by atoms with van der Waals surface area (Å²) in [5, 5.41) is 0. The summed E-state index contributed by atoms with van der Waals surface area (Å²) in [5.41, 5.74) is 6.75. The Hall–Kier alpha value is -0.710. The van der Waals surface area contributed by atoms with Crippen molar-refractivity contribution in [3.63, 3.8) is 0 Å². The van der Waals surface area contributed by atoms with Crippen molar-refractivity contribution in [1.29, 1.82) is 0 Å². The number of nitrogens with zero attached hydrogens (tertiary/aromatic N) is 1. The van der Waals surface area contributed by atoms with Gasteiger partial charge in [0.1, 0.15) is 11.6 Å². The Morgan fingerprint density at radius 3 is 2.57 bits per heavy atom. The third kappa shape index (κ3) is 3.93. The first-order valence-corrected chi connectivity index (χ1v) is 7.29. The van der Waals surface area contributed by atoms with Gasteiger partial charge in [-0.05, 0) is 24.3 Å². The highest BCUT2D eigenvalue weighted by atomic mass is 35.5. The molecule has 2 rings (SSSR count). The predicted molar refractivity (Wildman–Crippen MR) is 84.6 cm³/mol. The minimum Gasteiger partial charge on any atom is -0.327 e. The van der Waals surface area contributed by atoms with Gasteiger partial charge in [0.2, 0.25) is 0 Å². The Morgan fingerprint density at radius 2 is 2.05 bits per heavy atom. The van der Waals surface area contributed by atoms with E-state index in [1.807, 2.05) is 6.92 Å². The fourth-order valence-electron chi connectivity index (χ4n) is 3.13. The van der Waals surface area contributed by atoms with E-state index in [2.05, 4.69) is 18.7 Å². The maximum absolute atomic E-state index is 14.0. The summed E-state index contributed by atoms with van der Waals surface area (Å²) in [4.78, 5) is 2.28. The molecule has 1 saturated heterocycles. The lowest BCUT2D eigenvalue weighted by Crippen LogP contribution is -2.53. The molecule has 1 aromatic rings. The second-order valence-electron chi connectivity index (χ2n) is 6.44. The van der Waals surface area contributed by atoms with Crippen molar-refractivity contribution < 1.29 is 8.78 Å². The van der Waals surface area contributed by atoms with E-state index in [4.69, 9.17) is 5.73 Å². The zero-order valence-corrected chi connectivity index (χ0v) is 13.7. The third-order valence-corrected chi connectivity index (χ3v) is 4.49. The predicted octanol–water partition coefficient (Wildman–Crippen LogP) is 3.90. The molecule has 5 heteroatoms. The molecule has 1 fully saturated rings. The second-order valence-corrected chi connectivity index (χ2v) is 6.44. The largest absolute Gasteiger partial charge is 0.327 e. The van der Waals surface area contributed by atoms with Crippen molar-refractivity contribution in [2.45, 2.75) is 45.7 Å². The number of hydrogen-bond acceptors (Lipinski definition) is 2. The Morgan fingerprint density at radius 1 is 1.38 bits per heavy atom. The molecule has 2 atom stereocenters. The van der Waals surface area contributed by atoms with Crippen molar-refractivity contribution in [2.24, 2.45) is 11.1 Å². The number of hydrogen-bond donors (Lipinski definition) is 1. The van der Waals surface area contributed by atoms with Gasteiger partial charge in [-0.2, -0.15) is 0 Å². The fourth-order valence-corrected chi connectivity index (χ4v) is 3.13. The van der Waals surface area contributed by atoms with Gasteiger partial charge in [-0.15, -0.1) is 12.4 Å². The molecular formula is C16H25ClF2N2. The molecule has 0 saturated carbocycles. The Bertz CT molecular complexity index is 479. The first kappa shape index (κ1) is 18.3. The van der Waals surface area contributed by atoms with Gasteiger partial charge in [-0.25, -0.2) is 8.78 Å². The summed E-state index contributed by atoms with van der Waals surface area (Å²) < 4.78 is 27.1. The lowest BCUT2D eigenvalue weighted by molar-refractivity contribution is 0.0575. The molecule has 2 unspecified atom stereocenters. The highest BCUT2D eigenvalue weighted by Gasteiger charge is 2.36. The molecular weight excluding hydrogens is 294 g/mol. The molecule has 0 amide bonds. The maximum atomic E-state index is 14.0. The van der Waals surface area contributed by atoms with Crippen LogP contribution in [0.25, 0.3) is 0 Å². The van der Waals surface area contributed by atoms with Gasteiger partial charge < -0.3 is 5.73 Å². The lowest BCUT2D eigenvalue weighted by Gasteiger charge is -2.45. The van der Waals surface area contributed by atoms with E-state index in [9.17, 15) is 8.78 Å². The van der Waals surface area contributed by atoms with Gasteiger partial charge in [-0.1, -0.05) is 26.8 Å². The van der Waals surface area contributed by atoms with E-state index in [0.29, 0.717) is 5.56 Å². The van der Waals surface area contributed by atoms with Crippen molar-refractivity contribution in [3.05, 3.63) is 35.4 Å². The molecule has 1 heterocycles. The van der Waals surface area contributed by atoms with Crippen LogP contribution in [0.15, 0.2) is 18.2 Å². The maximum Gasteiger partial charge on any atom is 0.130 e. The Balaban J connectivity index is 0.00000220. The molecule has 0 aliphatic carbocycles. The van der Waals surface area contributed by atoms with Crippen LogP contribution in [0, 0.1) is 17.0 Å². The van der Waals surface area contributed by atoms with E-state index in [1.54, 1.807) is 6.07 Å². The average molecular weight is 319 g/mol. The number of benzene rings is 1. The van der Waals surface area contributed by atoms with Crippen LogP contribution in [0.2, 0.25) is 0 Å². The number of rotatable bonds is 3. The van der Waals surface area contributed by atoms with Gasteiger partial charge in [0.05, 0.1) is 0 Å². The van der Waals surface area contributed by atoms with Crippen LogP contribution >= 0.6 is 12.4 Å². The molecule has 2 nitrogen and oxygen atoms in total. The molecule has 0 radical (unpaired) electrons. The van der Waals surface area contributed by atoms with Crippen LogP contribution < -0.4 is 5.73 Å². The van der Waals surface area contributed by atoms with Crippen LogP contribution in [0.3, 0.4) is 0 Å². The molecule has 120 valence electrons. The van der Waals surface area contributed by atoms with E-state index < -0.39 is 11.6 Å². The van der Waals surface area contributed by atoms with Crippen molar-refractivity contribution in [1.82, 2.24) is 4.90 Å². The van der Waals surface area contributed by atoms with E-state index in [0.717, 1.165) is 32.0 Å². The van der Waals surface area contributed by atoms with E-state index in [-0.39, 0.29) is 29.9 Å². The SMILES string of the molecule is CCC(c1ccc(F)cc1F)N1CCC(N)C(C)(C)C1.Cl. The number of nitrogens with two attached hydrogens (primary N) is 1. The molecule has 21 heavy (non-hydrogen) atoms. The molecule has 0 bridgehead atoms. The minimum atomic E-state index is -0.526. The number of likely N-dealkylation sites (tertiary alicyclic amines) is 1. The summed E-state index contributed by atoms with van der Waals surface area (Å²) >= 11 is 0. The molecule has 0 aromatic heterocycles. The quantitative estimate of drug-likeness (QED) is 0.916. The summed E-state index contributed by atoms with van der Waals surface area (Å²) in [6, 6.07) is 4.04. The fraction of sp³-hybridized carbons (Fsp3) is 0.625. The van der Waals surface area contributed by atoms with Crippen LogP contribution in [0.5, 0.6) is 0 Å². The smallest absolute Gasteiger partial charge is 0.130 e. The van der Waals surface area contributed by atoms with Crippen LogP contribution in [0.4, 0.5) is 8.78 Å². The molecule has 1 aromatic carbocycles. The second kappa shape index (κ2) is 7.03. The van der Waals surface area contributed by atoms with Gasteiger partial charge in [-0.3, -0.25) is 4.90 Å². The normalized spacial score (nSPS) is 23.4. The lowest BCUT2D eigenvalue weighted by atomic mass is 9.78. The third-order valence-electron chi connectivity index (χ3n) is 4.49. The average Bonchev–Trinajstić information content (AvgIpc) is 2.36. The van der Waals surface area contributed by atoms with Crippen LogP contribution in [0.1, 0.15) is 45.2 Å². The van der Waals surface area contributed by atoms with Crippen molar-refractivity contribution in [2.75, 3.05) is 13.1 Å². The van der Waals surface area contributed by atoms with E-state index in [1.165, 1.54) is 6.07 Å². The van der Waals surface area contributed by atoms with Gasteiger partial charge in [0.15, 0.2) is 0 Å². The van der Waals surface area contributed by atoms with Gasteiger partial charge in [0, 0.05) is 36.8 Å². The standard InChI is InChI=1S/C16H24F2N2.ClH/c1-4-14(12-6-5-11(17)9-13(12)18)20-8-7-15(19)16(2,3)10-20;/h5-6,9,14-15H,4,7-8,10,19H2,1-3H3;1H. The van der Waals surface area contributed by atoms with Gasteiger partial charge >= 0.3 is 0 Å². The van der Waals surface area contributed by atoms with Crippen molar-refractivity contribution >= 4 is 12.4 Å². The summed E-state index contributed by atoms with van der Waals surface area (Å²) in [5.74, 6) is -0.980. The molecule has 2 N–H and O–H groups in total. The summed E-state index contributed by atoms with van der Waals surface area (Å²) in [7, 11) is 0. The zero-order chi connectivity index (χ0) is 14.9. The number of halogens is 3. The van der Waals surface area contributed by atoms with Crippen LogP contribution in [-0.4, -0.2) is 24.0 Å². The Kier molecular flexibility index (Phi) is 6.14. The van der Waals surface area contributed by atoms with Crippen molar-refractivity contribution in [3.8, 4) is 0 Å². The minimum absolute atomic E-state index is 0. The highest BCUT2D eigenvalue weighted by molar-refractivity contribution is 5.85. The molecule has 1 aliphatic heterocycles. The molecule has 0 spiro atoms. The zero-order valence-electron chi connectivity index (χ0n) is 12.9. The number of piperidine rings is 1. The highest BCUT2D eigenvalue weighted by Crippen LogP contribution is 2.35. The topological polar surface area (TPSA) is 29.3 Å².